The fourth-order valence-electron chi connectivity index (χ4n) is 3.75. The number of benzene rings is 1. The Hall–Kier alpha value is -1.32. The summed E-state index contributed by atoms with van der Waals surface area (Å²) in [6, 6.07) is 5.67. The first-order valence-corrected chi connectivity index (χ1v) is 9.00. The predicted octanol–water partition coefficient (Wildman–Crippen LogP) is 4.83. The first-order valence-electron chi connectivity index (χ1n) is 8.62. The average molecular weight is 334 g/mol. The molecule has 1 fully saturated rings. The van der Waals surface area contributed by atoms with Crippen LogP contribution in [0.4, 0.5) is 0 Å². The van der Waals surface area contributed by atoms with Crippen molar-refractivity contribution in [3.8, 4) is 0 Å². The molecular weight excluding hydrogens is 310 g/mol. The molecule has 1 N–H and O–H groups in total. The van der Waals surface area contributed by atoms with Crippen LogP contribution in [0.1, 0.15) is 55.3 Å². The molecule has 3 nitrogen and oxygen atoms in total. The minimum atomic E-state index is 0.0482. The van der Waals surface area contributed by atoms with Gasteiger partial charge in [-0.3, -0.25) is 4.79 Å². The number of fused-ring (bicyclic) bond motifs is 1. The summed E-state index contributed by atoms with van der Waals surface area (Å²) in [6.45, 7) is 0.528. The summed E-state index contributed by atoms with van der Waals surface area (Å²) >= 11 is 6.36. The third kappa shape index (κ3) is 3.61. The molecule has 0 unspecified atom stereocenters. The van der Waals surface area contributed by atoms with Gasteiger partial charge in [-0.05, 0) is 18.1 Å². The molecule has 1 aliphatic carbocycles. The van der Waals surface area contributed by atoms with Gasteiger partial charge >= 0.3 is 0 Å². The summed E-state index contributed by atoms with van der Waals surface area (Å²) in [5.41, 5.74) is 1.64. The molecule has 1 aromatic carbocycles. The van der Waals surface area contributed by atoms with Gasteiger partial charge in [0.05, 0.1) is 17.1 Å². The molecule has 4 heteroatoms. The van der Waals surface area contributed by atoms with E-state index in [1.54, 1.807) is 0 Å². The van der Waals surface area contributed by atoms with Gasteiger partial charge in [-0.1, -0.05) is 56.2 Å². The van der Waals surface area contributed by atoms with Gasteiger partial charge in [-0.15, -0.1) is 0 Å². The van der Waals surface area contributed by atoms with Crippen LogP contribution in [0.2, 0.25) is 5.02 Å². The minimum Gasteiger partial charge on any atom is -0.395 e. The van der Waals surface area contributed by atoms with E-state index < -0.39 is 0 Å². The Morgan fingerprint density at radius 2 is 1.96 bits per heavy atom. The smallest absolute Gasteiger partial charge is 0.165 e. The Kier molecular flexibility index (Phi) is 5.39. The quantitative estimate of drug-likeness (QED) is 0.629. The van der Waals surface area contributed by atoms with Crippen molar-refractivity contribution < 1.29 is 9.90 Å². The molecule has 0 radical (unpaired) electrons. The maximum atomic E-state index is 12.9. The van der Waals surface area contributed by atoms with Crippen molar-refractivity contribution in [2.75, 3.05) is 6.61 Å². The topological polar surface area (TPSA) is 42.2 Å². The predicted molar refractivity (Wildman–Crippen MR) is 94.2 cm³/mol. The number of carbonyl (C=O) groups is 1. The maximum Gasteiger partial charge on any atom is 0.165 e. The number of halogens is 1. The Morgan fingerprint density at radius 1 is 1.22 bits per heavy atom. The van der Waals surface area contributed by atoms with Crippen LogP contribution in [0.3, 0.4) is 0 Å². The molecule has 1 heterocycles. The van der Waals surface area contributed by atoms with Gasteiger partial charge in [0.2, 0.25) is 0 Å². The molecule has 1 aromatic heterocycles. The van der Waals surface area contributed by atoms with E-state index in [9.17, 15) is 9.90 Å². The summed E-state index contributed by atoms with van der Waals surface area (Å²) in [5.74, 6) is 0.690. The van der Waals surface area contributed by atoms with Gasteiger partial charge in [0.1, 0.15) is 0 Å². The molecule has 0 bridgehead atoms. The molecule has 1 aliphatic rings. The zero-order valence-electron chi connectivity index (χ0n) is 13.4. The number of aliphatic hydroxyl groups is 1. The maximum absolute atomic E-state index is 12.9. The van der Waals surface area contributed by atoms with Gasteiger partial charge < -0.3 is 9.67 Å². The summed E-state index contributed by atoms with van der Waals surface area (Å²) in [4.78, 5) is 12.9. The van der Waals surface area contributed by atoms with E-state index in [2.05, 4.69) is 0 Å². The minimum absolute atomic E-state index is 0.0482. The number of hydrogen-bond donors (Lipinski definition) is 1. The number of Topliss-reactive ketones (excluding diaryl/α,β-unsaturated/α-hetero) is 1. The largest absolute Gasteiger partial charge is 0.395 e. The van der Waals surface area contributed by atoms with Crippen LogP contribution in [0, 0.1) is 5.92 Å². The Labute approximate surface area is 142 Å². The van der Waals surface area contributed by atoms with Crippen LogP contribution in [0.25, 0.3) is 10.9 Å². The third-order valence-electron chi connectivity index (χ3n) is 4.95. The molecule has 0 amide bonds. The second-order valence-corrected chi connectivity index (χ2v) is 6.99. The molecule has 1 saturated carbocycles. The Morgan fingerprint density at radius 3 is 2.65 bits per heavy atom. The normalized spacial score (nSPS) is 16.6. The zero-order chi connectivity index (χ0) is 16.2. The highest BCUT2D eigenvalue weighted by Gasteiger charge is 2.21. The number of hydrogen-bond acceptors (Lipinski definition) is 2. The van der Waals surface area contributed by atoms with E-state index in [1.165, 1.54) is 25.7 Å². The molecule has 124 valence electrons. The summed E-state index contributed by atoms with van der Waals surface area (Å²) in [7, 11) is 0. The van der Waals surface area contributed by atoms with Crippen molar-refractivity contribution in [2.24, 2.45) is 5.92 Å². The van der Waals surface area contributed by atoms with Crippen LogP contribution >= 0.6 is 11.6 Å². The second-order valence-electron chi connectivity index (χ2n) is 6.58. The molecule has 0 aliphatic heterocycles. The van der Waals surface area contributed by atoms with E-state index in [0.717, 1.165) is 23.7 Å². The lowest BCUT2D eigenvalue weighted by atomic mass is 9.92. The van der Waals surface area contributed by atoms with Crippen molar-refractivity contribution in [3.63, 3.8) is 0 Å². The number of rotatable bonds is 5. The highest BCUT2D eigenvalue weighted by Crippen LogP contribution is 2.32. The summed E-state index contributed by atoms with van der Waals surface area (Å²) in [5, 5.41) is 10.7. The van der Waals surface area contributed by atoms with E-state index in [1.807, 2.05) is 29.0 Å². The average Bonchev–Trinajstić information content (AvgIpc) is 2.73. The molecule has 3 rings (SSSR count). The van der Waals surface area contributed by atoms with Crippen molar-refractivity contribution >= 4 is 28.3 Å². The van der Waals surface area contributed by atoms with Crippen molar-refractivity contribution in [3.05, 3.63) is 35.0 Å². The lowest BCUT2D eigenvalue weighted by Crippen LogP contribution is -2.08. The lowest BCUT2D eigenvalue weighted by molar-refractivity contribution is 0.0958. The van der Waals surface area contributed by atoms with Crippen LogP contribution in [0.5, 0.6) is 0 Å². The standard InChI is InChI=1S/C19H24ClNO2/c20-16-8-5-9-17-19(16)15(13-21(17)10-11-22)18(23)12-14-6-3-1-2-4-7-14/h5,8-9,13-14,22H,1-4,6-7,10-12H2. The number of carbonyl (C=O) groups excluding carboxylic acids is 1. The second kappa shape index (κ2) is 7.50. The Balaban J connectivity index is 1.90. The van der Waals surface area contributed by atoms with Crippen LogP contribution in [-0.4, -0.2) is 22.1 Å². The van der Waals surface area contributed by atoms with Crippen molar-refractivity contribution in [1.29, 1.82) is 0 Å². The molecular formula is C19H24ClNO2. The highest BCUT2D eigenvalue weighted by molar-refractivity contribution is 6.37. The molecule has 2 aromatic rings. The van der Waals surface area contributed by atoms with Gasteiger partial charge in [-0.2, -0.15) is 0 Å². The number of aromatic nitrogens is 1. The fourth-order valence-corrected chi connectivity index (χ4v) is 4.02. The fraction of sp³-hybridized carbons (Fsp3) is 0.526. The number of ketones is 1. The van der Waals surface area contributed by atoms with Crippen LogP contribution in [-0.2, 0) is 6.54 Å². The highest BCUT2D eigenvalue weighted by atomic mass is 35.5. The third-order valence-corrected chi connectivity index (χ3v) is 5.26. The van der Waals surface area contributed by atoms with Crippen molar-refractivity contribution in [2.45, 2.75) is 51.5 Å². The monoisotopic (exact) mass is 333 g/mol. The first-order chi connectivity index (χ1) is 11.2. The number of aliphatic hydroxyl groups excluding tert-OH is 1. The summed E-state index contributed by atoms with van der Waals surface area (Å²) < 4.78 is 1.93. The van der Waals surface area contributed by atoms with Gasteiger partial charge in [-0.25, -0.2) is 0 Å². The van der Waals surface area contributed by atoms with Crippen molar-refractivity contribution in [1.82, 2.24) is 4.57 Å². The van der Waals surface area contributed by atoms with E-state index >= 15 is 0 Å². The van der Waals surface area contributed by atoms with Gasteiger partial charge in [0.15, 0.2) is 5.78 Å². The zero-order valence-corrected chi connectivity index (χ0v) is 14.2. The van der Waals surface area contributed by atoms with Gasteiger partial charge in [0, 0.05) is 30.1 Å². The molecule has 23 heavy (non-hydrogen) atoms. The Bertz CT molecular complexity index is 684. The SMILES string of the molecule is O=C(CC1CCCCCC1)c1cn(CCO)c2cccc(Cl)c12. The van der Waals surface area contributed by atoms with Crippen LogP contribution in [0.15, 0.2) is 24.4 Å². The van der Waals surface area contributed by atoms with E-state index in [-0.39, 0.29) is 12.4 Å². The molecule has 0 saturated heterocycles. The van der Waals surface area contributed by atoms with Gasteiger partial charge in [0.25, 0.3) is 0 Å². The summed E-state index contributed by atoms with van der Waals surface area (Å²) in [6.07, 6.45) is 9.88. The molecule has 0 spiro atoms. The first kappa shape index (κ1) is 16.5. The lowest BCUT2D eigenvalue weighted by Gasteiger charge is -2.12. The number of nitrogens with zero attached hydrogens (tertiary/aromatic N) is 1. The van der Waals surface area contributed by atoms with Crippen LogP contribution < -0.4 is 0 Å². The van der Waals surface area contributed by atoms with E-state index in [4.69, 9.17) is 11.6 Å². The van der Waals surface area contributed by atoms with E-state index in [0.29, 0.717) is 29.5 Å². The molecule has 0 atom stereocenters.